The highest BCUT2D eigenvalue weighted by Crippen LogP contribution is 2.37. The van der Waals surface area contributed by atoms with Gasteiger partial charge >= 0.3 is 0 Å². The number of carbonyl (C=O) groups excluding carboxylic acids is 1. The topological polar surface area (TPSA) is 41.1 Å². The van der Waals surface area contributed by atoms with Crippen LogP contribution in [0.4, 0.5) is 0 Å². The maximum Gasteiger partial charge on any atom is 0.236 e. The molecule has 1 aromatic rings. The minimum absolute atomic E-state index is 0.106. The minimum atomic E-state index is -0.114. The first-order chi connectivity index (χ1) is 9.95. The highest BCUT2D eigenvalue weighted by Gasteiger charge is 2.32. The number of rotatable bonds is 6. The molecule has 1 unspecified atom stereocenters. The van der Waals surface area contributed by atoms with E-state index in [1.165, 1.54) is 5.56 Å². The summed E-state index contributed by atoms with van der Waals surface area (Å²) in [5.41, 5.74) is 1.39. The molecule has 3 nitrogen and oxygen atoms in total. The quantitative estimate of drug-likeness (QED) is 0.823. The fraction of sp³-hybridized carbons (Fsp3) is 0.588. The van der Waals surface area contributed by atoms with E-state index in [2.05, 4.69) is 64.7 Å². The standard InChI is InChI=1S/C17H25BrN2O/c1-11(2)10-19-17(21)12(3)20-16-8-14(9-16)13-5-4-6-15(18)7-13/h4-7,11-12,14,16,20H,8-10H2,1-3H3,(H,19,21). The Labute approximate surface area is 136 Å². The molecule has 2 N–H and O–H groups in total. The Balaban J connectivity index is 1.73. The van der Waals surface area contributed by atoms with Crippen LogP contribution in [0.3, 0.4) is 0 Å². The second-order valence-electron chi connectivity index (χ2n) is 6.45. The van der Waals surface area contributed by atoms with Gasteiger partial charge in [0.2, 0.25) is 5.91 Å². The Morgan fingerprint density at radius 2 is 2.05 bits per heavy atom. The number of hydrogen-bond donors (Lipinski definition) is 2. The van der Waals surface area contributed by atoms with Crippen LogP contribution in [0.2, 0.25) is 0 Å². The van der Waals surface area contributed by atoms with E-state index in [0.29, 0.717) is 17.9 Å². The number of amides is 1. The molecule has 2 rings (SSSR count). The van der Waals surface area contributed by atoms with Crippen molar-refractivity contribution in [2.45, 2.75) is 51.6 Å². The second-order valence-corrected chi connectivity index (χ2v) is 7.36. The van der Waals surface area contributed by atoms with E-state index in [1.807, 2.05) is 6.92 Å². The van der Waals surface area contributed by atoms with E-state index in [9.17, 15) is 4.79 Å². The summed E-state index contributed by atoms with van der Waals surface area (Å²) in [7, 11) is 0. The Bertz CT molecular complexity index is 483. The van der Waals surface area contributed by atoms with Crippen molar-refractivity contribution in [3.63, 3.8) is 0 Å². The van der Waals surface area contributed by atoms with E-state index in [-0.39, 0.29) is 11.9 Å². The molecule has 21 heavy (non-hydrogen) atoms. The van der Waals surface area contributed by atoms with Gasteiger partial charge in [-0.2, -0.15) is 0 Å². The molecule has 0 spiro atoms. The van der Waals surface area contributed by atoms with Gasteiger partial charge in [0, 0.05) is 17.1 Å². The summed E-state index contributed by atoms with van der Waals surface area (Å²) >= 11 is 3.52. The van der Waals surface area contributed by atoms with Gasteiger partial charge in [-0.05, 0) is 49.3 Å². The highest BCUT2D eigenvalue weighted by molar-refractivity contribution is 9.10. The average Bonchev–Trinajstić information content (AvgIpc) is 2.39. The predicted molar refractivity (Wildman–Crippen MR) is 90.4 cm³/mol. The second kappa shape index (κ2) is 7.41. The highest BCUT2D eigenvalue weighted by atomic mass is 79.9. The van der Waals surface area contributed by atoms with Crippen LogP contribution >= 0.6 is 15.9 Å². The monoisotopic (exact) mass is 352 g/mol. The van der Waals surface area contributed by atoms with Crippen molar-refractivity contribution in [3.05, 3.63) is 34.3 Å². The molecule has 116 valence electrons. The fourth-order valence-corrected chi connectivity index (χ4v) is 3.09. The van der Waals surface area contributed by atoms with Gasteiger partial charge in [0.1, 0.15) is 0 Å². The van der Waals surface area contributed by atoms with Gasteiger partial charge in [-0.15, -0.1) is 0 Å². The normalized spacial score (nSPS) is 22.7. The van der Waals surface area contributed by atoms with Crippen molar-refractivity contribution in [2.75, 3.05) is 6.54 Å². The Kier molecular flexibility index (Phi) is 5.82. The lowest BCUT2D eigenvalue weighted by Crippen LogP contribution is -2.51. The molecule has 1 saturated carbocycles. The first kappa shape index (κ1) is 16.5. The van der Waals surface area contributed by atoms with Crippen molar-refractivity contribution >= 4 is 21.8 Å². The lowest BCUT2D eigenvalue weighted by molar-refractivity contribution is -0.123. The van der Waals surface area contributed by atoms with E-state index in [4.69, 9.17) is 0 Å². The van der Waals surface area contributed by atoms with E-state index >= 15 is 0 Å². The molecular formula is C17H25BrN2O. The van der Waals surface area contributed by atoms with Crippen molar-refractivity contribution in [1.82, 2.24) is 10.6 Å². The SMILES string of the molecule is CC(C)CNC(=O)C(C)NC1CC(c2cccc(Br)c2)C1. The van der Waals surface area contributed by atoms with Gasteiger partial charge in [0.15, 0.2) is 0 Å². The Morgan fingerprint density at radius 1 is 1.33 bits per heavy atom. The van der Waals surface area contributed by atoms with Crippen LogP contribution in [-0.4, -0.2) is 24.5 Å². The summed E-state index contributed by atoms with van der Waals surface area (Å²) in [6.45, 7) is 6.90. The van der Waals surface area contributed by atoms with Crippen molar-refractivity contribution in [2.24, 2.45) is 5.92 Å². The van der Waals surface area contributed by atoms with E-state index in [1.54, 1.807) is 0 Å². The molecule has 4 heteroatoms. The van der Waals surface area contributed by atoms with Crippen LogP contribution in [0.15, 0.2) is 28.7 Å². The van der Waals surface area contributed by atoms with Crippen LogP contribution in [0.5, 0.6) is 0 Å². The Hall–Kier alpha value is -0.870. The predicted octanol–water partition coefficient (Wildman–Crippen LogP) is 3.45. The third-order valence-electron chi connectivity index (χ3n) is 4.02. The maximum absolute atomic E-state index is 11.9. The van der Waals surface area contributed by atoms with Gasteiger partial charge in [0.25, 0.3) is 0 Å². The minimum Gasteiger partial charge on any atom is -0.354 e. The van der Waals surface area contributed by atoms with Gasteiger partial charge in [-0.1, -0.05) is 41.9 Å². The summed E-state index contributed by atoms with van der Waals surface area (Å²) in [4.78, 5) is 11.9. The fourth-order valence-electron chi connectivity index (χ4n) is 2.67. The lowest BCUT2D eigenvalue weighted by Gasteiger charge is -2.38. The summed E-state index contributed by atoms with van der Waals surface area (Å²) in [5.74, 6) is 1.21. The molecular weight excluding hydrogens is 328 g/mol. The molecule has 0 heterocycles. The summed E-state index contributed by atoms with van der Waals surface area (Å²) in [6, 6.07) is 8.86. The summed E-state index contributed by atoms with van der Waals surface area (Å²) < 4.78 is 1.14. The van der Waals surface area contributed by atoms with Gasteiger partial charge in [0.05, 0.1) is 6.04 Å². The third-order valence-corrected chi connectivity index (χ3v) is 4.51. The van der Waals surface area contributed by atoms with Gasteiger partial charge in [-0.25, -0.2) is 0 Å². The number of hydrogen-bond acceptors (Lipinski definition) is 2. The lowest BCUT2D eigenvalue weighted by atomic mass is 9.75. The van der Waals surface area contributed by atoms with Crippen LogP contribution in [0.25, 0.3) is 0 Å². The molecule has 0 radical (unpaired) electrons. The first-order valence-corrected chi connectivity index (χ1v) is 8.54. The Morgan fingerprint density at radius 3 is 2.67 bits per heavy atom. The van der Waals surface area contributed by atoms with E-state index < -0.39 is 0 Å². The van der Waals surface area contributed by atoms with Gasteiger partial charge in [-0.3, -0.25) is 4.79 Å². The van der Waals surface area contributed by atoms with Crippen LogP contribution in [-0.2, 0) is 4.79 Å². The van der Waals surface area contributed by atoms with E-state index in [0.717, 1.165) is 23.9 Å². The molecule has 0 aromatic heterocycles. The molecule has 0 saturated heterocycles. The van der Waals surface area contributed by atoms with Crippen LogP contribution in [0.1, 0.15) is 45.1 Å². The van der Waals surface area contributed by atoms with Crippen LogP contribution in [0, 0.1) is 5.92 Å². The molecule has 1 fully saturated rings. The molecule has 1 amide bonds. The number of carbonyl (C=O) groups is 1. The smallest absolute Gasteiger partial charge is 0.236 e. The number of nitrogens with one attached hydrogen (secondary N) is 2. The number of benzene rings is 1. The summed E-state index contributed by atoms with van der Waals surface area (Å²) in [6.07, 6.45) is 2.22. The van der Waals surface area contributed by atoms with Crippen LogP contribution < -0.4 is 10.6 Å². The summed E-state index contributed by atoms with van der Waals surface area (Å²) in [5, 5.41) is 6.41. The molecule has 0 bridgehead atoms. The molecule has 0 aliphatic heterocycles. The molecule has 1 atom stereocenters. The third kappa shape index (κ3) is 4.82. The van der Waals surface area contributed by atoms with Crippen molar-refractivity contribution in [3.8, 4) is 0 Å². The largest absolute Gasteiger partial charge is 0.354 e. The number of halogens is 1. The molecule has 1 aromatic carbocycles. The average molecular weight is 353 g/mol. The zero-order valence-electron chi connectivity index (χ0n) is 13.0. The van der Waals surface area contributed by atoms with Gasteiger partial charge < -0.3 is 10.6 Å². The van der Waals surface area contributed by atoms with Crippen molar-refractivity contribution in [1.29, 1.82) is 0 Å². The zero-order chi connectivity index (χ0) is 15.4. The molecule has 1 aliphatic rings. The first-order valence-electron chi connectivity index (χ1n) is 7.75. The molecule has 1 aliphatic carbocycles. The zero-order valence-corrected chi connectivity index (χ0v) is 14.6. The maximum atomic E-state index is 11.9. The van der Waals surface area contributed by atoms with Crippen molar-refractivity contribution < 1.29 is 4.79 Å².